The normalized spacial score (nSPS) is 9.82. The zero-order chi connectivity index (χ0) is 12.8. The highest BCUT2D eigenvalue weighted by Crippen LogP contribution is 2.19. The minimum Gasteiger partial charge on any atom is -0.496 e. The van der Waals surface area contributed by atoms with Crippen molar-refractivity contribution in [2.75, 3.05) is 13.7 Å². The Hall–Kier alpha value is -1.84. The van der Waals surface area contributed by atoms with Gasteiger partial charge in [-0.05, 0) is 19.1 Å². The average molecular weight is 235 g/mol. The van der Waals surface area contributed by atoms with E-state index in [1.54, 1.807) is 19.1 Å². The number of ether oxygens (including phenoxy) is 1. The first kappa shape index (κ1) is 13.2. The van der Waals surface area contributed by atoms with Crippen LogP contribution in [0.5, 0.6) is 5.75 Å². The molecule has 0 saturated carbocycles. The number of benzene rings is 1. The zero-order valence-corrected chi connectivity index (χ0v) is 10.4. The minimum atomic E-state index is -0.146. The molecule has 1 amide bonds. The molecule has 1 aromatic rings. The Kier molecular flexibility index (Phi) is 4.69. The lowest BCUT2D eigenvalue weighted by Crippen LogP contribution is -2.29. The number of amides is 1. The van der Waals surface area contributed by atoms with Crippen LogP contribution in [0.2, 0.25) is 0 Å². The Morgan fingerprint density at radius 1 is 1.35 bits per heavy atom. The minimum absolute atomic E-state index is 0.00644. The molecule has 0 aliphatic rings. The predicted molar refractivity (Wildman–Crippen MR) is 65.4 cm³/mol. The SMILES string of the molecule is CCC(=O)NCC(=O)c1cc(C)ccc1OC. The van der Waals surface area contributed by atoms with Crippen molar-refractivity contribution in [1.29, 1.82) is 0 Å². The number of ketones is 1. The lowest BCUT2D eigenvalue weighted by atomic mass is 10.1. The van der Waals surface area contributed by atoms with E-state index >= 15 is 0 Å². The maximum Gasteiger partial charge on any atom is 0.220 e. The van der Waals surface area contributed by atoms with Crippen LogP contribution < -0.4 is 10.1 Å². The van der Waals surface area contributed by atoms with Gasteiger partial charge in [0.15, 0.2) is 5.78 Å². The summed E-state index contributed by atoms with van der Waals surface area (Å²) in [7, 11) is 1.52. The molecule has 4 nitrogen and oxygen atoms in total. The molecule has 0 aromatic heterocycles. The largest absolute Gasteiger partial charge is 0.496 e. The van der Waals surface area contributed by atoms with Crippen molar-refractivity contribution >= 4 is 11.7 Å². The van der Waals surface area contributed by atoms with Gasteiger partial charge in [0.05, 0.1) is 19.2 Å². The Morgan fingerprint density at radius 3 is 2.65 bits per heavy atom. The fraction of sp³-hybridized carbons (Fsp3) is 0.385. The number of Topliss-reactive ketones (excluding diaryl/α,β-unsaturated/α-hetero) is 1. The average Bonchev–Trinajstić information content (AvgIpc) is 2.35. The highest BCUT2D eigenvalue weighted by Gasteiger charge is 2.12. The summed E-state index contributed by atoms with van der Waals surface area (Å²) in [6, 6.07) is 5.39. The van der Waals surface area contributed by atoms with E-state index in [1.807, 2.05) is 13.0 Å². The Bertz CT molecular complexity index is 427. The maximum absolute atomic E-state index is 11.9. The quantitative estimate of drug-likeness (QED) is 0.790. The molecule has 0 spiro atoms. The summed E-state index contributed by atoms with van der Waals surface area (Å²) in [5.41, 5.74) is 1.49. The number of nitrogens with one attached hydrogen (secondary N) is 1. The molecule has 92 valence electrons. The third-order valence-corrected chi connectivity index (χ3v) is 2.42. The summed E-state index contributed by atoms with van der Waals surface area (Å²) in [6.45, 7) is 3.65. The standard InChI is InChI=1S/C13H17NO3/c1-4-13(16)14-8-11(15)10-7-9(2)5-6-12(10)17-3/h5-7H,4,8H2,1-3H3,(H,14,16). The second-order valence-electron chi connectivity index (χ2n) is 3.76. The predicted octanol–water partition coefficient (Wildman–Crippen LogP) is 1.71. The molecule has 0 atom stereocenters. The van der Waals surface area contributed by atoms with E-state index in [1.165, 1.54) is 7.11 Å². The fourth-order valence-corrected chi connectivity index (χ4v) is 1.44. The van der Waals surface area contributed by atoms with Crippen LogP contribution in [0.1, 0.15) is 29.3 Å². The third-order valence-electron chi connectivity index (χ3n) is 2.42. The highest BCUT2D eigenvalue weighted by atomic mass is 16.5. The number of carbonyl (C=O) groups is 2. The summed E-state index contributed by atoms with van der Waals surface area (Å²) in [5, 5.41) is 2.56. The van der Waals surface area contributed by atoms with Gasteiger partial charge in [0.25, 0.3) is 0 Å². The van der Waals surface area contributed by atoms with Gasteiger partial charge in [0, 0.05) is 6.42 Å². The smallest absolute Gasteiger partial charge is 0.220 e. The van der Waals surface area contributed by atoms with Gasteiger partial charge in [-0.3, -0.25) is 9.59 Å². The van der Waals surface area contributed by atoms with Crippen LogP contribution in [-0.2, 0) is 4.79 Å². The molecule has 0 fully saturated rings. The number of aryl methyl sites for hydroxylation is 1. The van der Waals surface area contributed by atoms with Crippen molar-refractivity contribution < 1.29 is 14.3 Å². The molecule has 1 aromatic carbocycles. The van der Waals surface area contributed by atoms with Gasteiger partial charge >= 0.3 is 0 Å². The molecule has 0 aliphatic heterocycles. The number of carbonyl (C=O) groups excluding carboxylic acids is 2. The Balaban J connectivity index is 2.80. The van der Waals surface area contributed by atoms with Crippen molar-refractivity contribution in [3.8, 4) is 5.75 Å². The van der Waals surface area contributed by atoms with Crippen molar-refractivity contribution in [2.24, 2.45) is 0 Å². The lowest BCUT2D eigenvalue weighted by Gasteiger charge is -2.09. The topological polar surface area (TPSA) is 55.4 Å². The molecule has 1 rings (SSSR count). The van der Waals surface area contributed by atoms with Gasteiger partial charge in [-0.15, -0.1) is 0 Å². The van der Waals surface area contributed by atoms with Crippen molar-refractivity contribution in [2.45, 2.75) is 20.3 Å². The van der Waals surface area contributed by atoms with E-state index in [0.717, 1.165) is 5.56 Å². The van der Waals surface area contributed by atoms with Crippen LogP contribution in [0, 0.1) is 6.92 Å². The van der Waals surface area contributed by atoms with E-state index in [0.29, 0.717) is 17.7 Å². The fourth-order valence-electron chi connectivity index (χ4n) is 1.44. The van der Waals surface area contributed by atoms with Crippen LogP contribution in [0.15, 0.2) is 18.2 Å². The first-order chi connectivity index (χ1) is 8.08. The first-order valence-corrected chi connectivity index (χ1v) is 5.53. The molecule has 0 radical (unpaired) electrons. The molecular weight excluding hydrogens is 218 g/mol. The molecule has 0 saturated heterocycles. The van der Waals surface area contributed by atoms with E-state index in [4.69, 9.17) is 4.74 Å². The summed E-state index contributed by atoms with van der Waals surface area (Å²) >= 11 is 0. The Morgan fingerprint density at radius 2 is 2.06 bits per heavy atom. The maximum atomic E-state index is 11.9. The van der Waals surface area contributed by atoms with Gasteiger partial charge in [0.1, 0.15) is 5.75 Å². The Labute approximate surface area is 101 Å². The first-order valence-electron chi connectivity index (χ1n) is 5.53. The number of methoxy groups -OCH3 is 1. The molecule has 1 N–H and O–H groups in total. The molecule has 0 unspecified atom stereocenters. The van der Waals surface area contributed by atoms with Crippen molar-refractivity contribution in [1.82, 2.24) is 5.32 Å². The van der Waals surface area contributed by atoms with Gasteiger partial charge in [-0.25, -0.2) is 0 Å². The van der Waals surface area contributed by atoms with E-state index in [2.05, 4.69) is 5.32 Å². The molecule has 4 heteroatoms. The number of hydrogen-bond acceptors (Lipinski definition) is 3. The summed E-state index contributed by atoms with van der Waals surface area (Å²) in [6.07, 6.45) is 0.373. The molecule has 0 aliphatic carbocycles. The summed E-state index contributed by atoms with van der Waals surface area (Å²) in [5.74, 6) is 0.253. The second kappa shape index (κ2) is 6.03. The monoisotopic (exact) mass is 235 g/mol. The van der Waals surface area contributed by atoms with Crippen LogP contribution in [-0.4, -0.2) is 25.3 Å². The number of hydrogen-bond donors (Lipinski definition) is 1. The van der Waals surface area contributed by atoms with Crippen LogP contribution in [0.4, 0.5) is 0 Å². The molecular formula is C13H17NO3. The van der Waals surface area contributed by atoms with Gasteiger partial charge in [0.2, 0.25) is 5.91 Å². The number of rotatable bonds is 5. The van der Waals surface area contributed by atoms with Crippen LogP contribution >= 0.6 is 0 Å². The molecule has 0 heterocycles. The van der Waals surface area contributed by atoms with Gasteiger partial charge in [-0.2, -0.15) is 0 Å². The molecule has 17 heavy (non-hydrogen) atoms. The highest BCUT2D eigenvalue weighted by molar-refractivity contribution is 6.01. The van der Waals surface area contributed by atoms with E-state index in [-0.39, 0.29) is 18.2 Å². The van der Waals surface area contributed by atoms with Crippen LogP contribution in [0.25, 0.3) is 0 Å². The third kappa shape index (κ3) is 3.59. The van der Waals surface area contributed by atoms with Crippen LogP contribution in [0.3, 0.4) is 0 Å². The lowest BCUT2D eigenvalue weighted by molar-refractivity contribution is -0.120. The summed E-state index contributed by atoms with van der Waals surface area (Å²) in [4.78, 5) is 23.0. The van der Waals surface area contributed by atoms with Crippen molar-refractivity contribution in [3.05, 3.63) is 29.3 Å². The van der Waals surface area contributed by atoms with Gasteiger partial charge in [-0.1, -0.05) is 18.6 Å². The second-order valence-corrected chi connectivity index (χ2v) is 3.76. The van der Waals surface area contributed by atoms with E-state index < -0.39 is 0 Å². The molecule has 0 bridgehead atoms. The van der Waals surface area contributed by atoms with E-state index in [9.17, 15) is 9.59 Å². The zero-order valence-electron chi connectivity index (χ0n) is 10.4. The van der Waals surface area contributed by atoms with Gasteiger partial charge < -0.3 is 10.1 Å². The summed E-state index contributed by atoms with van der Waals surface area (Å²) < 4.78 is 5.12. The van der Waals surface area contributed by atoms with Crippen molar-refractivity contribution in [3.63, 3.8) is 0 Å².